The number of hydrogen-bond donors (Lipinski definition) is 1. The largest absolute Gasteiger partial charge is 0.396 e. The molecule has 2 aliphatic heterocycles. The van der Waals surface area contributed by atoms with Gasteiger partial charge in [0, 0.05) is 37.3 Å². The molecule has 1 aromatic carbocycles. The molecule has 1 amide bonds. The van der Waals surface area contributed by atoms with Crippen molar-refractivity contribution in [1.82, 2.24) is 4.90 Å². The summed E-state index contributed by atoms with van der Waals surface area (Å²) in [5, 5.41) is 9.92. The predicted molar refractivity (Wildman–Crippen MR) is 97.5 cm³/mol. The zero-order chi connectivity index (χ0) is 17.0. The zero-order valence-electron chi connectivity index (χ0n) is 14.8. The topological polar surface area (TPSA) is 43.8 Å². The van der Waals surface area contributed by atoms with Crippen LogP contribution in [0.15, 0.2) is 24.3 Å². The van der Waals surface area contributed by atoms with E-state index >= 15 is 0 Å². The fourth-order valence-corrected chi connectivity index (χ4v) is 4.38. The molecule has 0 aliphatic carbocycles. The predicted octanol–water partition coefficient (Wildman–Crippen LogP) is 3.30. The van der Waals surface area contributed by atoms with Crippen LogP contribution in [0.25, 0.3) is 0 Å². The molecule has 2 fully saturated rings. The van der Waals surface area contributed by atoms with Crippen LogP contribution in [0, 0.1) is 5.41 Å². The van der Waals surface area contributed by atoms with Gasteiger partial charge in [-0.3, -0.25) is 4.79 Å². The molecule has 4 heteroatoms. The van der Waals surface area contributed by atoms with Gasteiger partial charge in [0.05, 0.1) is 12.2 Å². The van der Waals surface area contributed by atoms with E-state index in [1.54, 1.807) is 0 Å². The van der Waals surface area contributed by atoms with Crippen LogP contribution in [-0.4, -0.2) is 48.7 Å². The van der Waals surface area contributed by atoms with Gasteiger partial charge in [-0.15, -0.1) is 0 Å². The van der Waals surface area contributed by atoms with Gasteiger partial charge in [0.25, 0.3) is 5.91 Å². The van der Waals surface area contributed by atoms with Crippen molar-refractivity contribution in [2.24, 2.45) is 5.41 Å². The lowest BCUT2D eigenvalue weighted by atomic mass is 9.77. The first-order valence-corrected chi connectivity index (χ1v) is 9.43. The quantitative estimate of drug-likeness (QED) is 0.901. The Morgan fingerprint density at radius 1 is 1.17 bits per heavy atom. The third kappa shape index (κ3) is 3.44. The highest BCUT2D eigenvalue weighted by molar-refractivity contribution is 6.00. The highest BCUT2D eigenvalue weighted by Gasteiger charge is 2.36. The molecule has 132 valence electrons. The molecular formula is C20H30N2O2. The van der Waals surface area contributed by atoms with Gasteiger partial charge in [-0.2, -0.15) is 0 Å². The highest BCUT2D eigenvalue weighted by atomic mass is 16.3. The summed E-state index contributed by atoms with van der Waals surface area (Å²) < 4.78 is 0. The van der Waals surface area contributed by atoms with Crippen molar-refractivity contribution in [1.29, 1.82) is 0 Å². The lowest BCUT2D eigenvalue weighted by molar-refractivity contribution is 0.0223. The normalized spacial score (nSPS) is 24.4. The lowest BCUT2D eigenvalue weighted by Gasteiger charge is -2.42. The van der Waals surface area contributed by atoms with Crippen LogP contribution < -0.4 is 4.90 Å². The van der Waals surface area contributed by atoms with Crippen LogP contribution in [0.1, 0.15) is 55.8 Å². The number of benzene rings is 1. The number of nitrogens with zero attached hydrogens (tertiary/aromatic N) is 2. The number of carbonyl (C=O) groups excluding carboxylic acids is 1. The molecule has 4 nitrogen and oxygen atoms in total. The molecule has 0 bridgehead atoms. The summed E-state index contributed by atoms with van der Waals surface area (Å²) in [7, 11) is 0. The van der Waals surface area contributed by atoms with Crippen molar-refractivity contribution in [3.63, 3.8) is 0 Å². The van der Waals surface area contributed by atoms with Gasteiger partial charge in [-0.05, 0) is 44.2 Å². The minimum absolute atomic E-state index is 0.106. The molecule has 1 N–H and O–H groups in total. The summed E-state index contributed by atoms with van der Waals surface area (Å²) in [5.74, 6) is 0.131. The standard InChI is InChI=1S/C20H30N2O2/c1-2-10-20(16-23)11-7-14-22(15-20)19(24)17-8-3-4-9-18(17)21-12-5-6-13-21/h3-4,8-9,23H,2,5-7,10-16H2,1H3/t20-/m0/s1. The van der Waals surface area contributed by atoms with Crippen LogP contribution in [0.4, 0.5) is 5.69 Å². The molecule has 0 unspecified atom stereocenters. The fourth-order valence-electron chi connectivity index (χ4n) is 4.38. The number of rotatable bonds is 5. The Hall–Kier alpha value is -1.55. The van der Waals surface area contributed by atoms with E-state index in [9.17, 15) is 9.90 Å². The third-order valence-corrected chi connectivity index (χ3v) is 5.65. The van der Waals surface area contributed by atoms with Crippen molar-refractivity contribution in [2.45, 2.75) is 45.4 Å². The van der Waals surface area contributed by atoms with Gasteiger partial charge in [0.1, 0.15) is 0 Å². The van der Waals surface area contributed by atoms with E-state index in [2.05, 4.69) is 17.9 Å². The Kier molecular flexibility index (Phi) is 5.44. The monoisotopic (exact) mass is 330 g/mol. The van der Waals surface area contributed by atoms with Gasteiger partial charge in [0.2, 0.25) is 0 Å². The molecule has 24 heavy (non-hydrogen) atoms. The summed E-state index contributed by atoms with van der Waals surface area (Å²) in [6, 6.07) is 8.02. The third-order valence-electron chi connectivity index (χ3n) is 5.65. The summed E-state index contributed by atoms with van der Waals surface area (Å²) in [6.07, 6.45) is 6.45. The zero-order valence-corrected chi connectivity index (χ0v) is 14.8. The summed E-state index contributed by atoms with van der Waals surface area (Å²) in [5.41, 5.74) is 1.80. The fraction of sp³-hybridized carbons (Fsp3) is 0.650. The number of aliphatic hydroxyl groups is 1. The summed E-state index contributed by atoms with van der Waals surface area (Å²) in [4.78, 5) is 17.5. The molecule has 2 saturated heterocycles. The van der Waals surface area contributed by atoms with Crippen molar-refractivity contribution >= 4 is 11.6 Å². The van der Waals surface area contributed by atoms with Crippen LogP contribution in [0.3, 0.4) is 0 Å². The van der Waals surface area contributed by atoms with Gasteiger partial charge in [-0.1, -0.05) is 25.5 Å². The molecular weight excluding hydrogens is 300 g/mol. The minimum Gasteiger partial charge on any atom is -0.396 e. The Balaban J connectivity index is 1.81. The first kappa shape index (κ1) is 17.3. The van der Waals surface area contributed by atoms with Crippen molar-refractivity contribution in [2.75, 3.05) is 37.7 Å². The second-order valence-corrected chi connectivity index (χ2v) is 7.45. The number of carbonyl (C=O) groups is 1. The van der Waals surface area contributed by atoms with E-state index in [0.29, 0.717) is 6.54 Å². The molecule has 2 heterocycles. The highest BCUT2D eigenvalue weighted by Crippen LogP contribution is 2.35. The van der Waals surface area contributed by atoms with Crippen LogP contribution in [0.5, 0.6) is 0 Å². The maximum Gasteiger partial charge on any atom is 0.255 e. The van der Waals surface area contributed by atoms with E-state index < -0.39 is 0 Å². The van der Waals surface area contributed by atoms with E-state index in [0.717, 1.165) is 56.6 Å². The van der Waals surface area contributed by atoms with Crippen molar-refractivity contribution in [3.05, 3.63) is 29.8 Å². The average Bonchev–Trinajstić information content (AvgIpc) is 3.16. The smallest absolute Gasteiger partial charge is 0.255 e. The molecule has 0 aromatic heterocycles. The molecule has 0 spiro atoms. The van der Waals surface area contributed by atoms with Crippen LogP contribution in [0.2, 0.25) is 0 Å². The van der Waals surface area contributed by atoms with Gasteiger partial charge >= 0.3 is 0 Å². The van der Waals surface area contributed by atoms with E-state index in [1.807, 2.05) is 23.1 Å². The Labute approximate surface area is 145 Å². The Bertz CT molecular complexity index is 565. The number of anilines is 1. The Morgan fingerprint density at radius 2 is 1.92 bits per heavy atom. The first-order valence-electron chi connectivity index (χ1n) is 9.43. The second kappa shape index (κ2) is 7.56. The number of amides is 1. The maximum absolute atomic E-state index is 13.2. The number of piperidine rings is 1. The van der Waals surface area contributed by atoms with Crippen molar-refractivity contribution in [3.8, 4) is 0 Å². The summed E-state index contributed by atoms with van der Waals surface area (Å²) >= 11 is 0. The number of likely N-dealkylation sites (tertiary alicyclic amines) is 1. The Morgan fingerprint density at radius 3 is 2.62 bits per heavy atom. The van der Waals surface area contributed by atoms with Crippen LogP contribution >= 0.6 is 0 Å². The van der Waals surface area contributed by atoms with Gasteiger partial charge in [0.15, 0.2) is 0 Å². The van der Waals surface area contributed by atoms with Gasteiger partial charge < -0.3 is 14.9 Å². The average molecular weight is 330 g/mol. The maximum atomic E-state index is 13.2. The molecule has 3 rings (SSSR count). The number of para-hydroxylation sites is 1. The van der Waals surface area contributed by atoms with E-state index in [1.165, 1.54) is 12.8 Å². The lowest BCUT2D eigenvalue weighted by Crippen LogP contribution is -2.48. The summed E-state index contributed by atoms with van der Waals surface area (Å²) in [6.45, 7) is 5.91. The molecule has 1 aromatic rings. The van der Waals surface area contributed by atoms with Crippen molar-refractivity contribution < 1.29 is 9.90 Å². The number of hydrogen-bond acceptors (Lipinski definition) is 3. The van der Waals surface area contributed by atoms with Crippen LogP contribution in [-0.2, 0) is 0 Å². The molecule has 0 saturated carbocycles. The van der Waals surface area contributed by atoms with Gasteiger partial charge in [-0.25, -0.2) is 0 Å². The molecule has 2 aliphatic rings. The first-order chi connectivity index (χ1) is 11.7. The second-order valence-electron chi connectivity index (χ2n) is 7.45. The molecule has 0 radical (unpaired) electrons. The molecule has 1 atom stereocenters. The van der Waals surface area contributed by atoms with E-state index in [-0.39, 0.29) is 17.9 Å². The minimum atomic E-state index is -0.106. The number of aliphatic hydroxyl groups excluding tert-OH is 1. The van der Waals surface area contributed by atoms with E-state index in [4.69, 9.17) is 0 Å². The SMILES string of the molecule is CCC[C@]1(CO)CCCN(C(=O)c2ccccc2N2CCCC2)C1.